The van der Waals surface area contributed by atoms with Gasteiger partial charge in [0.15, 0.2) is 0 Å². The largest absolute Gasteiger partial charge is 0.466 e. The summed E-state index contributed by atoms with van der Waals surface area (Å²) in [5.74, 6) is 0.596. The molecule has 0 radical (unpaired) electrons. The molecule has 0 aromatic carbocycles. The van der Waals surface area contributed by atoms with Gasteiger partial charge in [-0.2, -0.15) is 0 Å². The third-order valence-electron chi connectivity index (χ3n) is 3.17. The van der Waals surface area contributed by atoms with Crippen LogP contribution in [0.15, 0.2) is 0 Å². The van der Waals surface area contributed by atoms with Crippen molar-refractivity contribution in [2.75, 3.05) is 33.0 Å². The van der Waals surface area contributed by atoms with Gasteiger partial charge in [0, 0.05) is 32.8 Å². The summed E-state index contributed by atoms with van der Waals surface area (Å²) in [6, 6.07) is 0. The smallest absolute Gasteiger partial charge is 0.305 e. The van der Waals surface area contributed by atoms with Gasteiger partial charge in [0.25, 0.3) is 0 Å². The van der Waals surface area contributed by atoms with Crippen LogP contribution in [0.4, 0.5) is 0 Å². The third-order valence-corrected chi connectivity index (χ3v) is 3.17. The maximum atomic E-state index is 11.1. The predicted octanol–water partition coefficient (Wildman–Crippen LogP) is 2.55. The first-order chi connectivity index (χ1) is 8.83. The van der Waals surface area contributed by atoms with E-state index in [1.54, 1.807) is 0 Å². The van der Waals surface area contributed by atoms with Crippen LogP contribution in [0.2, 0.25) is 0 Å². The van der Waals surface area contributed by atoms with Crippen LogP contribution in [0.5, 0.6) is 0 Å². The van der Waals surface area contributed by atoms with Crippen LogP contribution >= 0.6 is 0 Å². The van der Waals surface area contributed by atoms with Crippen LogP contribution in [0, 0.1) is 5.92 Å². The average Bonchev–Trinajstić information content (AvgIpc) is 2.39. The number of carbonyl (C=O) groups is 1. The van der Waals surface area contributed by atoms with Gasteiger partial charge < -0.3 is 14.2 Å². The highest BCUT2D eigenvalue weighted by Gasteiger charge is 2.13. The molecule has 1 aliphatic heterocycles. The summed E-state index contributed by atoms with van der Waals surface area (Å²) in [6.07, 6.45) is 5.76. The van der Waals surface area contributed by atoms with E-state index < -0.39 is 0 Å². The van der Waals surface area contributed by atoms with Gasteiger partial charge in [-0.25, -0.2) is 0 Å². The highest BCUT2D eigenvalue weighted by molar-refractivity contribution is 5.69. The van der Waals surface area contributed by atoms with E-state index in [2.05, 4.69) is 0 Å². The zero-order valence-corrected chi connectivity index (χ0v) is 11.5. The first-order valence-corrected chi connectivity index (χ1v) is 7.14. The Bertz CT molecular complexity index is 212. The minimum atomic E-state index is -0.0828. The molecule has 1 heterocycles. The number of esters is 1. The standard InChI is InChI=1S/C14H26O4/c1-2-18-14(15)6-4-3-5-9-17-12-13-7-10-16-11-8-13/h13H,2-12H2,1H3. The summed E-state index contributed by atoms with van der Waals surface area (Å²) in [5, 5.41) is 0. The highest BCUT2D eigenvalue weighted by atomic mass is 16.5. The van der Waals surface area contributed by atoms with Gasteiger partial charge in [0.1, 0.15) is 0 Å². The topological polar surface area (TPSA) is 44.8 Å². The second-order valence-corrected chi connectivity index (χ2v) is 4.75. The molecular weight excluding hydrogens is 232 g/mol. The molecule has 0 spiro atoms. The Morgan fingerprint density at radius 1 is 1.22 bits per heavy atom. The molecule has 0 unspecified atom stereocenters. The third kappa shape index (κ3) is 7.67. The number of hydrogen-bond donors (Lipinski definition) is 0. The first kappa shape index (κ1) is 15.4. The summed E-state index contributed by atoms with van der Waals surface area (Å²) in [7, 11) is 0. The summed E-state index contributed by atoms with van der Waals surface area (Å²) in [4.78, 5) is 11.1. The molecule has 18 heavy (non-hydrogen) atoms. The Morgan fingerprint density at radius 2 is 2.00 bits per heavy atom. The van der Waals surface area contributed by atoms with Crippen molar-refractivity contribution >= 4 is 5.97 Å². The second-order valence-electron chi connectivity index (χ2n) is 4.75. The van der Waals surface area contributed by atoms with Crippen molar-refractivity contribution in [3.8, 4) is 0 Å². The molecule has 106 valence electrons. The van der Waals surface area contributed by atoms with Gasteiger partial charge >= 0.3 is 5.97 Å². The normalized spacial score (nSPS) is 16.7. The maximum absolute atomic E-state index is 11.1. The van der Waals surface area contributed by atoms with E-state index in [0.29, 0.717) is 18.9 Å². The monoisotopic (exact) mass is 258 g/mol. The van der Waals surface area contributed by atoms with Crippen molar-refractivity contribution in [1.29, 1.82) is 0 Å². The fourth-order valence-corrected chi connectivity index (χ4v) is 2.05. The zero-order valence-electron chi connectivity index (χ0n) is 11.5. The lowest BCUT2D eigenvalue weighted by molar-refractivity contribution is -0.143. The molecule has 1 aliphatic rings. The fraction of sp³-hybridized carbons (Fsp3) is 0.929. The molecule has 0 aromatic heterocycles. The lowest BCUT2D eigenvalue weighted by Crippen LogP contribution is -2.20. The molecule has 0 amide bonds. The Balaban J connectivity index is 1.82. The Labute approximate surface area is 110 Å². The van der Waals surface area contributed by atoms with Gasteiger partial charge in [0.05, 0.1) is 6.61 Å². The van der Waals surface area contributed by atoms with Gasteiger partial charge in [-0.15, -0.1) is 0 Å². The van der Waals surface area contributed by atoms with Crippen molar-refractivity contribution in [1.82, 2.24) is 0 Å². The molecule has 4 nitrogen and oxygen atoms in total. The second kappa shape index (κ2) is 10.3. The molecule has 0 bridgehead atoms. The summed E-state index contributed by atoms with van der Waals surface area (Å²) in [6.45, 7) is 5.75. The number of ether oxygens (including phenoxy) is 3. The van der Waals surface area contributed by atoms with Crippen molar-refractivity contribution in [3.05, 3.63) is 0 Å². The van der Waals surface area contributed by atoms with Crippen LogP contribution in [0.3, 0.4) is 0 Å². The van der Waals surface area contributed by atoms with Crippen molar-refractivity contribution < 1.29 is 19.0 Å². The van der Waals surface area contributed by atoms with E-state index in [1.165, 1.54) is 0 Å². The first-order valence-electron chi connectivity index (χ1n) is 7.14. The van der Waals surface area contributed by atoms with E-state index in [4.69, 9.17) is 14.2 Å². The van der Waals surface area contributed by atoms with E-state index in [1.807, 2.05) is 6.92 Å². The minimum absolute atomic E-state index is 0.0828. The molecule has 1 rings (SSSR count). The SMILES string of the molecule is CCOC(=O)CCCCCOCC1CCOCC1. The van der Waals surface area contributed by atoms with Gasteiger partial charge in [-0.05, 0) is 38.5 Å². The van der Waals surface area contributed by atoms with Crippen LogP contribution in [-0.4, -0.2) is 39.0 Å². The zero-order chi connectivity index (χ0) is 13.1. The van der Waals surface area contributed by atoms with E-state index >= 15 is 0 Å². The molecule has 0 saturated carbocycles. The highest BCUT2D eigenvalue weighted by Crippen LogP contribution is 2.14. The molecule has 4 heteroatoms. The van der Waals surface area contributed by atoms with Gasteiger partial charge in [-0.3, -0.25) is 4.79 Å². The molecule has 1 fully saturated rings. The van der Waals surface area contributed by atoms with E-state index in [9.17, 15) is 4.79 Å². The molecule has 1 saturated heterocycles. The maximum Gasteiger partial charge on any atom is 0.305 e. The van der Waals surface area contributed by atoms with Crippen LogP contribution in [-0.2, 0) is 19.0 Å². The Kier molecular flexibility index (Phi) is 8.86. The molecule has 0 aromatic rings. The Hall–Kier alpha value is -0.610. The van der Waals surface area contributed by atoms with Gasteiger partial charge in [0.2, 0.25) is 0 Å². The quantitative estimate of drug-likeness (QED) is 0.471. The average molecular weight is 258 g/mol. The Morgan fingerprint density at radius 3 is 2.72 bits per heavy atom. The minimum Gasteiger partial charge on any atom is -0.466 e. The van der Waals surface area contributed by atoms with Crippen molar-refractivity contribution in [2.45, 2.75) is 45.4 Å². The number of carbonyl (C=O) groups excluding carboxylic acids is 1. The lowest BCUT2D eigenvalue weighted by atomic mass is 10.0. The molecule has 0 N–H and O–H groups in total. The van der Waals surface area contributed by atoms with Crippen LogP contribution < -0.4 is 0 Å². The van der Waals surface area contributed by atoms with E-state index in [0.717, 1.165) is 58.5 Å². The van der Waals surface area contributed by atoms with Crippen LogP contribution in [0.25, 0.3) is 0 Å². The number of rotatable bonds is 9. The summed E-state index contributed by atoms with van der Waals surface area (Å²) < 4.78 is 15.8. The van der Waals surface area contributed by atoms with Crippen molar-refractivity contribution in [3.63, 3.8) is 0 Å². The fourth-order valence-electron chi connectivity index (χ4n) is 2.05. The molecular formula is C14H26O4. The molecule has 0 aliphatic carbocycles. The summed E-state index contributed by atoms with van der Waals surface area (Å²) >= 11 is 0. The van der Waals surface area contributed by atoms with Crippen molar-refractivity contribution in [2.24, 2.45) is 5.92 Å². The lowest BCUT2D eigenvalue weighted by Gasteiger charge is -2.21. The molecule has 0 atom stereocenters. The number of unbranched alkanes of at least 4 members (excludes halogenated alkanes) is 2. The number of hydrogen-bond acceptors (Lipinski definition) is 4. The predicted molar refractivity (Wildman–Crippen MR) is 69.5 cm³/mol. The van der Waals surface area contributed by atoms with Crippen LogP contribution in [0.1, 0.15) is 45.4 Å². The summed E-state index contributed by atoms with van der Waals surface area (Å²) in [5.41, 5.74) is 0. The van der Waals surface area contributed by atoms with Gasteiger partial charge in [-0.1, -0.05) is 6.42 Å². The van der Waals surface area contributed by atoms with E-state index in [-0.39, 0.29) is 5.97 Å².